The van der Waals surface area contributed by atoms with Crippen LogP contribution in [0, 0.1) is 0 Å². The molecule has 0 atom stereocenters. The van der Waals surface area contributed by atoms with Gasteiger partial charge in [0.2, 0.25) is 5.91 Å². The Morgan fingerprint density at radius 3 is 2.40 bits per heavy atom. The molecule has 20 heavy (non-hydrogen) atoms. The van der Waals surface area contributed by atoms with Gasteiger partial charge in [0.05, 0.1) is 0 Å². The number of halogens is 1. The number of hydrogen-bond donors (Lipinski definition) is 3. The highest BCUT2D eigenvalue weighted by molar-refractivity contribution is 9.10. The lowest BCUT2D eigenvalue weighted by molar-refractivity contribution is -0.122. The monoisotopic (exact) mass is 343 g/mol. The largest absolute Gasteiger partial charge is 0.369 e. The van der Waals surface area contributed by atoms with Crippen molar-refractivity contribution in [2.75, 3.05) is 23.7 Å². The van der Waals surface area contributed by atoms with E-state index in [2.05, 4.69) is 41.8 Å². The first kappa shape index (κ1) is 16.7. The summed E-state index contributed by atoms with van der Waals surface area (Å²) in [5.41, 5.74) is -0.204. The molecule has 0 aliphatic rings. The van der Waals surface area contributed by atoms with Gasteiger partial charge >= 0.3 is 0 Å². The number of amides is 1. The highest BCUT2D eigenvalue weighted by Gasteiger charge is 2.13. The quantitative estimate of drug-likeness (QED) is 0.739. The maximum Gasteiger partial charge on any atom is 0.222 e. The summed E-state index contributed by atoms with van der Waals surface area (Å²) in [7, 11) is 0. The maximum absolute atomic E-state index is 11.7. The first-order valence-electron chi connectivity index (χ1n) is 6.62. The Kier molecular flexibility index (Phi) is 6.19. The van der Waals surface area contributed by atoms with Crippen LogP contribution in [0.3, 0.4) is 0 Å². The normalized spacial score (nSPS) is 11.1. The predicted octanol–water partition coefficient (Wildman–Crippen LogP) is 2.39. The number of carbonyl (C=O) groups excluding carboxylic acids is 1. The average Bonchev–Trinajstić information content (AvgIpc) is 2.32. The van der Waals surface area contributed by atoms with Gasteiger partial charge in [-0.3, -0.25) is 4.79 Å². The van der Waals surface area contributed by atoms with Crippen molar-refractivity contribution < 1.29 is 4.79 Å². The third-order valence-corrected chi connectivity index (χ3v) is 3.04. The van der Waals surface area contributed by atoms with Crippen LogP contribution >= 0.6 is 15.9 Å². The Morgan fingerprint density at radius 1 is 1.25 bits per heavy atom. The summed E-state index contributed by atoms with van der Waals surface area (Å²) < 4.78 is 0.776. The van der Waals surface area contributed by atoms with E-state index in [1.807, 2.05) is 27.7 Å². The number of nitrogens with one attached hydrogen (secondary N) is 3. The topological polar surface area (TPSA) is 78.9 Å². The molecule has 7 heteroatoms. The molecule has 0 saturated heterocycles. The van der Waals surface area contributed by atoms with Crippen LogP contribution in [0.15, 0.2) is 10.8 Å². The van der Waals surface area contributed by atoms with Crippen LogP contribution in [-0.4, -0.2) is 34.5 Å². The van der Waals surface area contributed by atoms with Crippen molar-refractivity contribution in [1.29, 1.82) is 0 Å². The number of rotatable bonds is 6. The molecule has 0 aliphatic heterocycles. The van der Waals surface area contributed by atoms with E-state index < -0.39 is 0 Å². The number of nitrogens with zero attached hydrogens (tertiary/aromatic N) is 2. The van der Waals surface area contributed by atoms with E-state index >= 15 is 0 Å². The van der Waals surface area contributed by atoms with Crippen molar-refractivity contribution in [2.45, 2.75) is 39.7 Å². The van der Waals surface area contributed by atoms with Gasteiger partial charge in [-0.1, -0.05) is 0 Å². The van der Waals surface area contributed by atoms with Gasteiger partial charge in [-0.25, -0.2) is 9.97 Å². The molecule has 6 nitrogen and oxygen atoms in total. The molecule has 0 spiro atoms. The summed E-state index contributed by atoms with van der Waals surface area (Å²) in [6, 6.07) is 0. The summed E-state index contributed by atoms with van der Waals surface area (Å²) in [6.07, 6.45) is 1.88. The van der Waals surface area contributed by atoms with Gasteiger partial charge in [-0.15, -0.1) is 0 Å². The fraction of sp³-hybridized carbons (Fsp3) is 0.615. The lowest BCUT2D eigenvalue weighted by Crippen LogP contribution is -2.41. The van der Waals surface area contributed by atoms with Gasteiger partial charge in [0.15, 0.2) is 0 Å². The fourth-order valence-corrected chi connectivity index (χ4v) is 2.04. The second kappa shape index (κ2) is 7.42. The Morgan fingerprint density at radius 2 is 1.85 bits per heavy atom. The van der Waals surface area contributed by atoms with E-state index in [1.165, 1.54) is 6.33 Å². The SMILES string of the molecule is CCNc1ncnc(NCCC(=O)NC(C)(C)C)c1Br. The van der Waals surface area contributed by atoms with E-state index in [1.54, 1.807) is 0 Å². The molecule has 112 valence electrons. The zero-order valence-electron chi connectivity index (χ0n) is 12.4. The molecule has 0 bridgehead atoms. The molecule has 0 saturated carbocycles. The molecule has 1 aromatic rings. The number of anilines is 2. The molecule has 0 radical (unpaired) electrons. The van der Waals surface area contributed by atoms with Crippen LogP contribution in [0.5, 0.6) is 0 Å². The van der Waals surface area contributed by atoms with Gasteiger partial charge < -0.3 is 16.0 Å². The third kappa shape index (κ3) is 5.73. The van der Waals surface area contributed by atoms with E-state index in [0.29, 0.717) is 18.8 Å². The summed E-state index contributed by atoms with van der Waals surface area (Å²) >= 11 is 3.45. The van der Waals surface area contributed by atoms with Crippen molar-refractivity contribution in [3.8, 4) is 0 Å². The van der Waals surface area contributed by atoms with E-state index in [9.17, 15) is 4.79 Å². The van der Waals surface area contributed by atoms with Crippen molar-refractivity contribution in [2.24, 2.45) is 0 Å². The second-order valence-electron chi connectivity index (χ2n) is 5.39. The molecular weight excluding hydrogens is 322 g/mol. The molecule has 3 N–H and O–H groups in total. The van der Waals surface area contributed by atoms with Crippen LogP contribution in [0.4, 0.5) is 11.6 Å². The Bertz CT molecular complexity index is 459. The van der Waals surface area contributed by atoms with Crippen molar-refractivity contribution >= 4 is 33.5 Å². The maximum atomic E-state index is 11.7. The molecule has 0 fully saturated rings. The zero-order chi connectivity index (χ0) is 15.2. The summed E-state index contributed by atoms with van der Waals surface area (Å²) in [5, 5.41) is 9.17. The minimum atomic E-state index is -0.204. The zero-order valence-corrected chi connectivity index (χ0v) is 14.0. The molecule has 0 aromatic carbocycles. The predicted molar refractivity (Wildman–Crippen MR) is 84.9 cm³/mol. The van der Waals surface area contributed by atoms with Crippen LogP contribution < -0.4 is 16.0 Å². The standard InChI is InChI=1S/C13H22BrN5O/c1-5-15-11-10(14)12(18-8-17-11)16-7-6-9(20)19-13(2,3)4/h8H,5-7H2,1-4H3,(H,19,20)(H2,15,16,17,18). The molecule has 0 aliphatic carbocycles. The summed E-state index contributed by atoms with van der Waals surface area (Å²) in [4.78, 5) is 20.0. The van der Waals surface area contributed by atoms with Gasteiger partial charge in [-0.2, -0.15) is 0 Å². The molecule has 1 amide bonds. The summed E-state index contributed by atoms with van der Waals surface area (Å²) in [6.45, 7) is 9.18. The molecule has 1 aromatic heterocycles. The van der Waals surface area contributed by atoms with Crippen LogP contribution in [0.2, 0.25) is 0 Å². The smallest absolute Gasteiger partial charge is 0.222 e. The van der Waals surface area contributed by atoms with E-state index in [0.717, 1.165) is 16.8 Å². The Labute approximate surface area is 128 Å². The number of hydrogen-bond acceptors (Lipinski definition) is 5. The van der Waals surface area contributed by atoms with Crippen molar-refractivity contribution in [1.82, 2.24) is 15.3 Å². The fourth-order valence-electron chi connectivity index (χ4n) is 1.56. The van der Waals surface area contributed by atoms with E-state index in [-0.39, 0.29) is 11.4 Å². The highest BCUT2D eigenvalue weighted by atomic mass is 79.9. The Hall–Kier alpha value is -1.37. The van der Waals surface area contributed by atoms with Crippen molar-refractivity contribution in [3.05, 3.63) is 10.8 Å². The first-order valence-corrected chi connectivity index (χ1v) is 7.42. The minimum absolute atomic E-state index is 0.0158. The van der Waals surface area contributed by atoms with E-state index in [4.69, 9.17) is 0 Å². The Balaban J connectivity index is 2.50. The molecule has 1 heterocycles. The highest BCUT2D eigenvalue weighted by Crippen LogP contribution is 2.26. The summed E-state index contributed by atoms with van der Waals surface area (Å²) in [5.74, 6) is 1.44. The van der Waals surface area contributed by atoms with Crippen LogP contribution in [0.25, 0.3) is 0 Å². The number of aromatic nitrogens is 2. The van der Waals surface area contributed by atoms with Crippen molar-refractivity contribution in [3.63, 3.8) is 0 Å². The first-order chi connectivity index (χ1) is 9.33. The molecule has 1 rings (SSSR count). The average molecular weight is 344 g/mol. The second-order valence-corrected chi connectivity index (χ2v) is 6.18. The lowest BCUT2D eigenvalue weighted by Gasteiger charge is -2.20. The molecular formula is C13H22BrN5O. The van der Waals surface area contributed by atoms with Gasteiger partial charge in [0.25, 0.3) is 0 Å². The number of carbonyl (C=O) groups is 1. The van der Waals surface area contributed by atoms with Gasteiger partial charge in [0.1, 0.15) is 22.4 Å². The van der Waals surface area contributed by atoms with Crippen LogP contribution in [0.1, 0.15) is 34.1 Å². The molecule has 0 unspecified atom stereocenters. The third-order valence-electron chi connectivity index (χ3n) is 2.29. The minimum Gasteiger partial charge on any atom is -0.369 e. The van der Waals surface area contributed by atoms with Gasteiger partial charge in [0, 0.05) is 25.0 Å². The van der Waals surface area contributed by atoms with Gasteiger partial charge in [-0.05, 0) is 43.6 Å². The van der Waals surface area contributed by atoms with Crippen LogP contribution in [-0.2, 0) is 4.79 Å². The lowest BCUT2D eigenvalue weighted by atomic mass is 10.1.